The summed E-state index contributed by atoms with van der Waals surface area (Å²) < 4.78 is 7.90. The van der Waals surface area contributed by atoms with Crippen LogP contribution in [-0.2, 0) is 0 Å². The van der Waals surface area contributed by atoms with Crippen LogP contribution in [0.5, 0.6) is 5.75 Å². The topological polar surface area (TPSA) is 59.9 Å². The molecule has 3 aromatic carbocycles. The Bertz CT molecular complexity index is 1500. The van der Waals surface area contributed by atoms with E-state index in [0.717, 1.165) is 31.5 Å². The molecule has 5 nitrogen and oxygen atoms in total. The van der Waals surface area contributed by atoms with E-state index in [4.69, 9.17) is 9.72 Å². The molecule has 0 unspecified atom stereocenters. The van der Waals surface area contributed by atoms with Crippen LogP contribution < -0.4 is 10.3 Å². The zero-order valence-electron chi connectivity index (χ0n) is 16.7. The first kappa shape index (κ1) is 19.6. The third-order valence-corrected chi connectivity index (χ3v) is 5.89. The van der Waals surface area contributed by atoms with Crippen molar-refractivity contribution in [1.29, 1.82) is 0 Å². The molecule has 31 heavy (non-hydrogen) atoms. The van der Waals surface area contributed by atoms with Crippen molar-refractivity contribution in [3.63, 3.8) is 0 Å². The van der Waals surface area contributed by atoms with E-state index in [9.17, 15) is 4.79 Å². The number of para-hydroxylation sites is 1. The summed E-state index contributed by atoms with van der Waals surface area (Å²) in [6.07, 6.45) is 5.83. The number of benzene rings is 3. The molecule has 0 saturated carbocycles. The summed E-state index contributed by atoms with van der Waals surface area (Å²) in [4.78, 5) is 21.6. The molecule has 2 heterocycles. The molecule has 0 aliphatic rings. The van der Waals surface area contributed by atoms with E-state index in [1.54, 1.807) is 11.7 Å². The molecular weight excluding hydrogens is 501 g/mol. The Morgan fingerprint density at radius 2 is 1.81 bits per heavy atom. The van der Waals surface area contributed by atoms with Crippen molar-refractivity contribution in [3.8, 4) is 11.4 Å². The molecule has 5 rings (SSSR count). The van der Waals surface area contributed by atoms with Crippen molar-refractivity contribution >= 4 is 56.5 Å². The minimum Gasteiger partial charge on any atom is -0.497 e. The van der Waals surface area contributed by atoms with E-state index in [0.29, 0.717) is 16.7 Å². The lowest BCUT2D eigenvalue weighted by atomic mass is 10.1. The molecule has 2 aromatic heterocycles. The van der Waals surface area contributed by atoms with Gasteiger partial charge < -0.3 is 9.72 Å². The number of ether oxygens (including phenoxy) is 1. The standard InChI is InChI=1S/C25H18IN3O2/c1-31-19-10-8-18(9-11-19)29-24(28-23-12-7-17(26)14-21(23)25(29)30)13-6-16-15-27-22-5-3-2-4-20(16)22/h2-15,27H,1H3/b13-6+. The molecule has 0 amide bonds. The smallest absolute Gasteiger partial charge is 0.266 e. The molecule has 152 valence electrons. The van der Waals surface area contributed by atoms with Gasteiger partial charge in [-0.25, -0.2) is 4.98 Å². The summed E-state index contributed by atoms with van der Waals surface area (Å²) >= 11 is 2.21. The number of fused-ring (bicyclic) bond motifs is 2. The first-order valence-corrected chi connectivity index (χ1v) is 10.8. The van der Waals surface area contributed by atoms with Gasteiger partial charge in [-0.15, -0.1) is 0 Å². The van der Waals surface area contributed by atoms with Crippen LogP contribution in [0, 0.1) is 3.57 Å². The van der Waals surface area contributed by atoms with E-state index in [-0.39, 0.29) is 5.56 Å². The summed E-state index contributed by atoms with van der Waals surface area (Å²) in [5.74, 6) is 1.30. The lowest BCUT2D eigenvalue weighted by Gasteiger charge is -2.12. The third kappa shape index (κ3) is 3.63. The zero-order valence-corrected chi connectivity index (χ0v) is 18.8. The van der Waals surface area contributed by atoms with Gasteiger partial charge in [0.15, 0.2) is 0 Å². The minimum atomic E-state index is -0.104. The van der Waals surface area contributed by atoms with Crippen LogP contribution in [0.3, 0.4) is 0 Å². The number of aromatic nitrogens is 3. The second-order valence-corrected chi connectivity index (χ2v) is 8.34. The van der Waals surface area contributed by atoms with Crippen LogP contribution in [0.15, 0.2) is 77.7 Å². The van der Waals surface area contributed by atoms with Gasteiger partial charge in [-0.3, -0.25) is 9.36 Å². The molecule has 0 spiro atoms. The summed E-state index contributed by atoms with van der Waals surface area (Å²) in [6.45, 7) is 0. The lowest BCUT2D eigenvalue weighted by molar-refractivity contribution is 0.414. The molecule has 0 atom stereocenters. The van der Waals surface area contributed by atoms with Crippen molar-refractivity contribution in [2.24, 2.45) is 0 Å². The van der Waals surface area contributed by atoms with Crippen molar-refractivity contribution in [3.05, 3.63) is 98.2 Å². The molecular formula is C25H18IN3O2. The largest absolute Gasteiger partial charge is 0.497 e. The maximum atomic E-state index is 13.5. The number of H-pyrrole nitrogens is 1. The molecule has 6 heteroatoms. The van der Waals surface area contributed by atoms with E-state index < -0.39 is 0 Å². The minimum absolute atomic E-state index is 0.104. The number of aromatic amines is 1. The maximum absolute atomic E-state index is 13.5. The highest BCUT2D eigenvalue weighted by Gasteiger charge is 2.12. The Morgan fingerprint density at radius 1 is 1.00 bits per heavy atom. The fourth-order valence-corrected chi connectivity index (χ4v) is 4.15. The monoisotopic (exact) mass is 519 g/mol. The number of hydrogen-bond acceptors (Lipinski definition) is 3. The fourth-order valence-electron chi connectivity index (χ4n) is 3.66. The van der Waals surface area contributed by atoms with E-state index >= 15 is 0 Å². The van der Waals surface area contributed by atoms with Gasteiger partial charge in [0, 0.05) is 20.7 Å². The number of nitrogens with one attached hydrogen (secondary N) is 1. The Labute approximate surface area is 192 Å². The predicted octanol–water partition coefficient (Wildman–Crippen LogP) is 5.65. The Hall–Kier alpha value is -3.39. The average molecular weight is 519 g/mol. The van der Waals surface area contributed by atoms with Gasteiger partial charge in [-0.2, -0.15) is 0 Å². The number of halogens is 1. The van der Waals surface area contributed by atoms with Gasteiger partial charge in [0.05, 0.1) is 23.7 Å². The van der Waals surface area contributed by atoms with Crippen molar-refractivity contribution in [1.82, 2.24) is 14.5 Å². The normalized spacial score (nSPS) is 11.5. The lowest BCUT2D eigenvalue weighted by Crippen LogP contribution is -2.22. The van der Waals surface area contributed by atoms with Crippen LogP contribution in [0.2, 0.25) is 0 Å². The van der Waals surface area contributed by atoms with Crippen LogP contribution in [0.1, 0.15) is 11.4 Å². The summed E-state index contributed by atoms with van der Waals surface area (Å²) in [7, 11) is 1.62. The summed E-state index contributed by atoms with van der Waals surface area (Å²) in [5.41, 5.74) is 3.41. The highest BCUT2D eigenvalue weighted by molar-refractivity contribution is 14.1. The van der Waals surface area contributed by atoms with Crippen LogP contribution >= 0.6 is 22.6 Å². The number of methoxy groups -OCH3 is 1. The SMILES string of the molecule is COc1ccc(-n2c(/C=C/c3c[nH]c4ccccc34)nc3ccc(I)cc3c2=O)cc1. The first-order valence-electron chi connectivity index (χ1n) is 9.75. The maximum Gasteiger partial charge on any atom is 0.266 e. The predicted molar refractivity (Wildman–Crippen MR) is 134 cm³/mol. The van der Waals surface area contributed by atoms with E-state index in [2.05, 4.69) is 33.6 Å². The van der Waals surface area contributed by atoms with Crippen LogP contribution in [0.4, 0.5) is 0 Å². The van der Waals surface area contributed by atoms with Crippen molar-refractivity contribution in [2.45, 2.75) is 0 Å². The Balaban J connectivity index is 1.72. The molecule has 0 saturated heterocycles. The van der Waals surface area contributed by atoms with E-state index in [1.807, 2.05) is 79.0 Å². The quantitative estimate of drug-likeness (QED) is 0.312. The summed E-state index contributed by atoms with van der Waals surface area (Å²) in [6, 6.07) is 21.2. The highest BCUT2D eigenvalue weighted by Crippen LogP contribution is 2.22. The van der Waals surface area contributed by atoms with Gasteiger partial charge in [-0.05, 0) is 88.8 Å². The van der Waals surface area contributed by atoms with Crippen molar-refractivity contribution < 1.29 is 4.74 Å². The number of rotatable bonds is 4. The highest BCUT2D eigenvalue weighted by atomic mass is 127. The Kier molecular flexibility index (Phi) is 5.07. The molecule has 0 radical (unpaired) electrons. The number of nitrogens with zero attached hydrogens (tertiary/aromatic N) is 2. The van der Waals surface area contributed by atoms with Gasteiger partial charge in [0.1, 0.15) is 11.6 Å². The third-order valence-electron chi connectivity index (χ3n) is 5.22. The second-order valence-electron chi connectivity index (χ2n) is 7.09. The average Bonchev–Trinajstić information content (AvgIpc) is 3.21. The number of hydrogen-bond donors (Lipinski definition) is 1. The Morgan fingerprint density at radius 3 is 2.61 bits per heavy atom. The first-order chi connectivity index (χ1) is 15.1. The molecule has 1 N–H and O–H groups in total. The second kappa shape index (κ2) is 8.03. The van der Waals surface area contributed by atoms with Gasteiger partial charge in [0.25, 0.3) is 5.56 Å². The molecule has 5 aromatic rings. The van der Waals surface area contributed by atoms with Gasteiger partial charge in [0.2, 0.25) is 0 Å². The van der Waals surface area contributed by atoms with E-state index in [1.165, 1.54) is 0 Å². The van der Waals surface area contributed by atoms with Crippen molar-refractivity contribution in [2.75, 3.05) is 7.11 Å². The molecule has 0 bridgehead atoms. The van der Waals surface area contributed by atoms with Crippen LogP contribution in [-0.4, -0.2) is 21.6 Å². The fraction of sp³-hybridized carbons (Fsp3) is 0.0400. The van der Waals surface area contributed by atoms with Gasteiger partial charge in [-0.1, -0.05) is 18.2 Å². The molecule has 0 aliphatic heterocycles. The summed E-state index contributed by atoms with van der Waals surface area (Å²) in [5, 5.41) is 1.71. The van der Waals surface area contributed by atoms with Gasteiger partial charge >= 0.3 is 0 Å². The molecule has 0 aliphatic carbocycles. The zero-order chi connectivity index (χ0) is 21.4. The molecule has 0 fully saturated rings. The van der Waals surface area contributed by atoms with Crippen LogP contribution in [0.25, 0.3) is 39.6 Å².